The van der Waals surface area contributed by atoms with Crippen molar-refractivity contribution in [2.45, 2.75) is 6.42 Å². The van der Waals surface area contributed by atoms with Crippen molar-refractivity contribution in [3.05, 3.63) is 102 Å². The maximum atomic E-state index is 12.9. The van der Waals surface area contributed by atoms with Gasteiger partial charge in [-0.05, 0) is 53.8 Å². The van der Waals surface area contributed by atoms with Gasteiger partial charge < -0.3 is 10.2 Å². The Balaban J connectivity index is 1.34. The molecule has 5 heteroatoms. The number of amides is 2. The smallest absolute Gasteiger partial charge is 0.274 e. The zero-order valence-corrected chi connectivity index (χ0v) is 16.2. The molecular formula is C25H19N3O2. The molecule has 1 aromatic heterocycles. The molecule has 1 aliphatic rings. The molecule has 4 aromatic rings. The van der Waals surface area contributed by atoms with E-state index in [9.17, 15) is 9.59 Å². The molecule has 5 rings (SSSR count). The summed E-state index contributed by atoms with van der Waals surface area (Å²) in [4.78, 5) is 31.7. The third-order valence-electron chi connectivity index (χ3n) is 5.41. The minimum atomic E-state index is -0.278. The van der Waals surface area contributed by atoms with Gasteiger partial charge >= 0.3 is 0 Å². The molecule has 0 spiro atoms. The van der Waals surface area contributed by atoms with Gasteiger partial charge in [0.05, 0.1) is 0 Å². The number of hydrogen-bond donors (Lipinski definition) is 1. The summed E-state index contributed by atoms with van der Waals surface area (Å²) in [6.07, 6.45) is 2.50. The van der Waals surface area contributed by atoms with Gasteiger partial charge in [-0.15, -0.1) is 0 Å². The first kappa shape index (κ1) is 18.1. The molecule has 3 aromatic carbocycles. The Hall–Kier alpha value is -3.99. The van der Waals surface area contributed by atoms with Crippen LogP contribution in [0.4, 0.5) is 11.4 Å². The van der Waals surface area contributed by atoms with E-state index < -0.39 is 0 Å². The van der Waals surface area contributed by atoms with E-state index in [0.29, 0.717) is 23.5 Å². The zero-order valence-electron chi connectivity index (χ0n) is 16.2. The van der Waals surface area contributed by atoms with Crippen molar-refractivity contribution < 1.29 is 9.59 Å². The Morgan fingerprint density at radius 3 is 2.50 bits per heavy atom. The number of nitrogens with zero attached hydrogens (tertiary/aromatic N) is 2. The molecular weight excluding hydrogens is 374 g/mol. The van der Waals surface area contributed by atoms with Crippen LogP contribution in [0.25, 0.3) is 10.8 Å². The number of carbonyl (C=O) groups is 2. The molecule has 30 heavy (non-hydrogen) atoms. The quantitative estimate of drug-likeness (QED) is 0.549. The summed E-state index contributed by atoms with van der Waals surface area (Å²) in [6.45, 7) is 0.684. The number of nitrogens with one attached hydrogen (secondary N) is 1. The normalized spacial score (nSPS) is 12.6. The number of fused-ring (bicyclic) bond motifs is 2. The number of aromatic nitrogens is 1. The predicted octanol–water partition coefficient (Wildman–Crippen LogP) is 4.69. The molecule has 0 aliphatic carbocycles. The van der Waals surface area contributed by atoms with E-state index in [-0.39, 0.29) is 11.8 Å². The van der Waals surface area contributed by atoms with Crippen LogP contribution in [0, 0.1) is 0 Å². The summed E-state index contributed by atoms with van der Waals surface area (Å²) >= 11 is 0. The summed E-state index contributed by atoms with van der Waals surface area (Å²) in [5.41, 5.74) is 3.75. The first-order chi connectivity index (χ1) is 14.7. The van der Waals surface area contributed by atoms with Crippen LogP contribution in [0.2, 0.25) is 0 Å². The Morgan fingerprint density at radius 1 is 0.867 bits per heavy atom. The van der Waals surface area contributed by atoms with E-state index in [2.05, 4.69) is 16.4 Å². The largest absolute Gasteiger partial charge is 0.321 e. The average molecular weight is 393 g/mol. The maximum absolute atomic E-state index is 12.9. The molecule has 0 bridgehead atoms. The molecule has 146 valence electrons. The summed E-state index contributed by atoms with van der Waals surface area (Å²) < 4.78 is 0. The Labute approximate surface area is 174 Å². The fraction of sp³-hybridized carbons (Fsp3) is 0.0800. The van der Waals surface area contributed by atoms with Crippen LogP contribution >= 0.6 is 0 Å². The molecule has 0 radical (unpaired) electrons. The fourth-order valence-corrected chi connectivity index (χ4v) is 3.89. The SMILES string of the molecule is O=C(Nc1ccc(C(=O)N2CCc3ccccc32)cc1)c1nccc2ccccc12. The van der Waals surface area contributed by atoms with Crippen LogP contribution in [0.15, 0.2) is 85.1 Å². The van der Waals surface area contributed by atoms with Crippen molar-refractivity contribution in [2.75, 3.05) is 16.8 Å². The standard InChI is InChI=1S/C25H19N3O2/c29-24(23-21-7-3-1-5-17(21)13-15-26-23)27-20-11-9-19(10-12-20)25(30)28-16-14-18-6-2-4-8-22(18)28/h1-13,15H,14,16H2,(H,27,29). The number of rotatable bonds is 3. The minimum absolute atomic E-state index is 0.0338. The Morgan fingerprint density at radius 2 is 1.63 bits per heavy atom. The highest BCUT2D eigenvalue weighted by Gasteiger charge is 2.25. The van der Waals surface area contributed by atoms with Gasteiger partial charge in [0, 0.05) is 35.1 Å². The van der Waals surface area contributed by atoms with Crippen molar-refractivity contribution in [2.24, 2.45) is 0 Å². The molecule has 0 fully saturated rings. The van der Waals surface area contributed by atoms with Gasteiger partial charge in [-0.2, -0.15) is 0 Å². The summed E-state index contributed by atoms with van der Waals surface area (Å²) in [7, 11) is 0. The van der Waals surface area contributed by atoms with Crippen LogP contribution in [-0.4, -0.2) is 23.3 Å². The number of anilines is 2. The molecule has 1 N–H and O–H groups in total. The lowest BCUT2D eigenvalue weighted by atomic mass is 10.1. The van der Waals surface area contributed by atoms with Gasteiger partial charge in [-0.25, -0.2) is 0 Å². The Kier molecular flexibility index (Phi) is 4.48. The first-order valence-corrected chi connectivity index (χ1v) is 9.86. The van der Waals surface area contributed by atoms with Gasteiger partial charge in [-0.1, -0.05) is 42.5 Å². The van der Waals surface area contributed by atoms with E-state index in [1.54, 1.807) is 30.5 Å². The lowest BCUT2D eigenvalue weighted by Gasteiger charge is -2.17. The molecule has 0 atom stereocenters. The van der Waals surface area contributed by atoms with Crippen LogP contribution in [0.5, 0.6) is 0 Å². The van der Waals surface area contributed by atoms with E-state index in [1.807, 2.05) is 53.4 Å². The van der Waals surface area contributed by atoms with Crippen molar-refractivity contribution in [1.29, 1.82) is 0 Å². The minimum Gasteiger partial charge on any atom is -0.321 e. The zero-order chi connectivity index (χ0) is 20.5. The highest BCUT2D eigenvalue weighted by atomic mass is 16.2. The van der Waals surface area contributed by atoms with Crippen molar-refractivity contribution in [1.82, 2.24) is 4.98 Å². The van der Waals surface area contributed by atoms with Crippen LogP contribution in [0.1, 0.15) is 26.4 Å². The second-order valence-electron chi connectivity index (χ2n) is 7.25. The maximum Gasteiger partial charge on any atom is 0.274 e. The lowest BCUT2D eigenvalue weighted by Crippen LogP contribution is -2.28. The van der Waals surface area contributed by atoms with Gasteiger partial charge in [-0.3, -0.25) is 14.6 Å². The van der Waals surface area contributed by atoms with Crippen LogP contribution < -0.4 is 10.2 Å². The number of para-hydroxylation sites is 1. The number of carbonyl (C=O) groups excluding carboxylic acids is 2. The van der Waals surface area contributed by atoms with E-state index >= 15 is 0 Å². The second kappa shape index (κ2) is 7.44. The average Bonchev–Trinajstić information content (AvgIpc) is 3.23. The van der Waals surface area contributed by atoms with Gasteiger partial charge in [0.15, 0.2) is 0 Å². The number of hydrogen-bond acceptors (Lipinski definition) is 3. The fourth-order valence-electron chi connectivity index (χ4n) is 3.89. The van der Waals surface area contributed by atoms with Gasteiger partial charge in [0.2, 0.25) is 0 Å². The van der Waals surface area contributed by atoms with Crippen molar-refractivity contribution in [3.63, 3.8) is 0 Å². The highest BCUT2D eigenvalue weighted by Crippen LogP contribution is 2.29. The van der Waals surface area contributed by atoms with E-state index in [4.69, 9.17) is 0 Å². The molecule has 2 heterocycles. The lowest BCUT2D eigenvalue weighted by molar-refractivity contribution is 0.0988. The molecule has 5 nitrogen and oxygen atoms in total. The van der Waals surface area contributed by atoms with Crippen molar-refractivity contribution in [3.8, 4) is 0 Å². The third kappa shape index (κ3) is 3.20. The number of pyridine rings is 1. The highest BCUT2D eigenvalue weighted by molar-refractivity contribution is 6.12. The summed E-state index contributed by atoms with van der Waals surface area (Å²) in [5.74, 6) is -0.312. The summed E-state index contributed by atoms with van der Waals surface area (Å²) in [5, 5.41) is 4.64. The van der Waals surface area contributed by atoms with Gasteiger partial charge in [0.25, 0.3) is 11.8 Å². The monoisotopic (exact) mass is 393 g/mol. The molecule has 2 amide bonds. The molecule has 0 unspecified atom stereocenters. The van der Waals surface area contributed by atoms with Crippen LogP contribution in [0.3, 0.4) is 0 Å². The van der Waals surface area contributed by atoms with E-state index in [0.717, 1.165) is 22.9 Å². The van der Waals surface area contributed by atoms with E-state index in [1.165, 1.54) is 5.56 Å². The van der Waals surface area contributed by atoms with Crippen molar-refractivity contribution >= 4 is 34.0 Å². The van der Waals surface area contributed by atoms with Crippen LogP contribution in [-0.2, 0) is 6.42 Å². The topological polar surface area (TPSA) is 62.3 Å². The molecule has 0 saturated carbocycles. The third-order valence-corrected chi connectivity index (χ3v) is 5.41. The summed E-state index contributed by atoms with van der Waals surface area (Å²) in [6, 6.07) is 24.5. The molecule has 1 aliphatic heterocycles. The Bertz CT molecular complexity index is 1260. The second-order valence-corrected chi connectivity index (χ2v) is 7.25. The molecule has 0 saturated heterocycles. The first-order valence-electron chi connectivity index (χ1n) is 9.86. The van der Waals surface area contributed by atoms with Gasteiger partial charge in [0.1, 0.15) is 5.69 Å². The predicted molar refractivity (Wildman–Crippen MR) is 118 cm³/mol. The number of benzene rings is 3.